The summed E-state index contributed by atoms with van der Waals surface area (Å²) < 4.78 is 6.79. The van der Waals surface area contributed by atoms with E-state index < -0.39 is 0 Å². The van der Waals surface area contributed by atoms with Crippen molar-refractivity contribution in [1.82, 2.24) is 9.97 Å². The lowest BCUT2D eigenvalue weighted by atomic mass is 10.1. The van der Waals surface area contributed by atoms with Gasteiger partial charge < -0.3 is 10.1 Å². The van der Waals surface area contributed by atoms with Crippen LogP contribution in [0.25, 0.3) is 0 Å². The van der Waals surface area contributed by atoms with Gasteiger partial charge in [0.1, 0.15) is 11.9 Å². The summed E-state index contributed by atoms with van der Waals surface area (Å²) in [6.45, 7) is 8.91. The second kappa shape index (κ2) is 6.49. The quantitative estimate of drug-likeness (QED) is 0.830. The molecule has 0 spiro atoms. The third-order valence-corrected chi connectivity index (χ3v) is 3.77. The fraction of sp³-hybridized carbons (Fsp3) is 0.667. The minimum atomic E-state index is -0.0391. The molecule has 0 aromatic carbocycles. The standard InChI is InChI=1S/C12H20IN3O/c1-6-17-10(7(2)3)12-15-8(4)9(13)11(14-5)16-12/h7,10H,6H2,1-5H3,(H,14,15,16). The highest BCUT2D eigenvalue weighted by Gasteiger charge is 2.21. The van der Waals surface area contributed by atoms with E-state index in [1.807, 2.05) is 20.9 Å². The minimum absolute atomic E-state index is 0.0391. The van der Waals surface area contributed by atoms with E-state index in [1.54, 1.807) is 0 Å². The second-order valence-corrected chi connectivity index (χ2v) is 5.28. The summed E-state index contributed by atoms with van der Waals surface area (Å²) in [6.07, 6.45) is -0.0391. The summed E-state index contributed by atoms with van der Waals surface area (Å²) in [5.74, 6) is 2.00. The van der Waals surface area contributed by atoms with Crippen molar-refractivity contribution in [3.63, 3.8) is 0 Å². The van der Waals surface area contributed by atoms with Crippen molar-refractivity contribution in [3.05, 3.63) is 15.1 Å². The summed E-state index contributed by atoms with van der Waals surface area (Å²) in [7, 11) is 1.87. The Bertz CT molecular complexity index is 382. The van der Waals surface area contributed by atoms with Crippen LogP contribution in [0.5, 0.6) is 0 Å². The van der Waals surface area contributed by atoms with Crippen LogP contribution < -0.4 is 5.32 Å². The van der Waals surface area contributed by atoms with Crippen molar-refractivity contribution in [3.8, 4) is 0 Å². The molecule has 1 aromatic heterocycles. The van der Waals surface area contributed by atoms with Crippen LogP contribution in [-0.2, 0) is 4.74 Å². The number of hydrogen-bond acceptors (Lipinski definition) is 4. The Labute approximate surface area is 117 Å². The third-order valence-electron chi connectivity index (χ3n) is 2.48. The van der Waals surface area contributed by atoms with Crippen molar-refractivity contribution < 1.29 is 4.74 Å². The molecule has 1 heterocycles. The fourth-order valence-electron chi connectivity index (χ4n) is 1.62. The zero-order valence-electron chi connectivity index (χ0n) is 11.0. The molecule has 17 heavy (non-hydrogen) atoms. The second-order valence-electron chi connectivity index (χ2n) is 4.20. The number of hydrogen-bond donors (Lipinski definition) is 1. The van der Waals surface area contributed by atoms with Crippen LogP contribution in [0, 0.1) is 16.4 Å². The number of ether oxygens (including phenoxy) is 1. The molecule has 0 bridgehead atoms. The molecule has 1 atom stereocenters. The molecule has 1 unspecified atom stereocenters. The molecule has 1 rings (SSSR count). The van der Waals surface area contributed by atoms with E-state index in [0.29, 0.717) is 12.5 Å². The number of rotatable bonds is 5. The highest BCUT2D eigenvalue weighted by molar-refractivity contribution is 14.1. The molecule has 0 saturated carbocycles. The van der Waals surface area contributed by atoms with Gasteiger partial charge in [0.25, 0.3) is 0 Å². The van der Waals surface area contributed by atoms with Gasteiger partial charge in [-0.3, -0.25) is 0 Å². The normalized spacial score (nSPS) is 12.9. The number of nitrogens with zero attached hydrogens (tertiary/aromatic N) is 2. The molecule has 0 fully saturated rings. The first-order chi connectivity index (χ1) is 8.01. The molecule has 0 saturated heterocycles. The Hall–Kier alpha value is -0.430. The van der Waals surface area contributed by atoms with E-state index in [0.717, 1.165) is 20.9 Å². The largest absolute Gasteiger partial charge is 0.372 e. The maximum atomic E-state index is 5.73. The third kappa shape index (κ3) is 3.51. The maximum absolute atomic E-state index is 5.73. The molecular weight excluding hydrogens is 329 g/mol. The molecule has 0 aliphatic rings. The predicted octanol–water partition coefficient (Wildman–Crippen LogP) is 3.16. The first-order valence-electron chi connectivity index (χ1n) is 5.84. The molecule has 5 heteroatoms. The molecule has 1 aromatic rings. The highest BCUT2D eigenvalue weighted by atomic mass is 127. The Morgan fingerprint density at radius 3 is 2.47 bits per heavy atom. The van der Waals surface area contributed by atoms with Crippen molar-refractivity contribution in [1.29, 1.82) is 0 Å². The van der Waals surface area contributed by atoms with Crippen LogP contribution >= 0.6 is 22.6 Å². The van der Waals surface area contributed by atoms with Crippen LogP contribution in [0.15, 0.2) is 0 Å². The molecular formula is C12H20IN3O. The maximum Gasteiger partial charge on any atom is 0.160 e. The van der Waals surface area contributed by atoms with Crippen molar-refractivity contribution in [2.45, 2.75) is 33.8 Å². The van der Waals surface area contributed by atoms with E-state index in [4.69, 9.17) is 4.74 Å². The summed E-state index contributed by atoms with van der Waals surface area (Å²) >= 11 is 2.26. The summed E-state index contributed by atoms with van der Waals surface area (Å²) in [6, 6.07) is 0. The Morgan fingerprint density at radius 1 is 1.35 bits per heavy atom. The monoisotopic (exact) mass is 349 g/mol. The van der Waals surface area contributed by atoms with Crippen LogP contribution in [0.2, 0.25) is 0 Å². The number of nitrogens with one attached hydrogen (secondary N) is 1. The summed E-state index contributed by atoms with van der Waals surface area (Å²) in [5.41, 5.74) is 0.991. The Morgan fingerprint density at radius 2 is 2.00 bits per heavy atom. The number of aromatic nitrogens is 2. The Kier molecular flexibility index (Phi) is 5.58. The van der Waals surface area contributed by atoms with E-state index in [1.165, 1.54) is 0 Å². The number of halogens is 1. The van der Waals surface area contributed by atoms with Gasteiger partial charge in [0.05, 0.1) is 9.26 Å². The van der Waals surface area contributed by atoms with Crippen LogP contribution in [0.4, 0.5) is 5.82 Å². The van der Waals surface area contributed by atoms with Gasteiger partial charge in [-0.15, -0.1) is 0 Å². The first kappa shape index (κ1) is 14.6. The highest BCUT2D eigenvalue weighted by Crippen LogP contribution is 2.26. The molecule has 0 amide bonds. The lowest BCUT2D eigenvalue weighted by molar-refractivity contribution is 0.0231. The van der Waals surface area contributed by atoms with Gasteiger partial charge in [-0.05, 0) is 42.4 Å². The van der Waals surface area contributed by atoms with Gasteiger partial charge in [0, 0.05) is 13.7 Å². The topological polar surface area (TPSA) is 47.0 Å². The van der Waals surface area contributed by atoms with Crippen molar-refractivity contribution in [2.24, 2.45) is 5.92 Å². The molecule has 1 N–H and O–H groups in total. The van der Waals surface area contributed by atoms with Crippen LogP contribution in [-0.4, -0.2) is 23.6 Å². The SMILES string of the molecule is CCOC(c1nc(C)c(I)c(NC)n1)C(C)C. The molecule has 0 aliphatic heterocycles. The van der Waals surface area contributed by atoms with E-state index in [9.17, 15) is 0 Å². The van der Waals surface area contributed by atoms with E-state index in [-0.39, 0.29) is 6.10 Å². The summed E-state index contributed by atoms with van der Waals surface area (Å²) in [4.78, 5) is 9.07. The lowest BCUT2D eigenvalue weighted by Crippen LogP contribution is -2.17. The molecule has 0 aliphatic carbocycles. The van der Waals surface area contributed by atoms with Gasteiger partial charge in [-0.2, -0.15) is 0 Å². The fourth-order valence-corrected chi connectivity index (χ4v) is 2.13. The van der Waals surface area contributed by atoms with Crippen LogP contribution in [0.1, 0.15) is 38.4 Å². The predicted molar refractivity (Wildman–Crippen MR) is 78.2 cm³/mol. The van der Waals surface area contributed by atoms with Crippen molar-refractivity contribution >= 4 is 28.4 Å². The van der Waals surface area contributed by atoms with E-state index in [2.05, 4.69) is 51.7 Å². The van der Waals surface area contributed by atoms with Crippen molar-refractivity contribution in [2.75, 3.05) is 19.0 Å². The first-order valence-corrected chi connectivity index (χ1v) is 6.92. The minimum Gasteiger partial charge on any atom is -0.372 e. The van der Waals surface area contributed by atoms with Crippen LogP contribution in [0.3, 0.4) is 0 Å². The number of aryl methyl sites for hydroxylation is 1. The van der Waals surface area contributed by atoms with Gasteiger partial charge in [-0.1, -0.05) is 13.8 Å². The number of anilines is 1. The van der Waals surface area contributed by atoms with Gasteiger partial charge in [0.15, 0.2) is 5.82 Å². The molecule has 4 nitrogen and oxygen atoms in total. The zero-order chi connectivity index (χ0) is 13.0. The molecule has 0 radical (unpaired) electrons. The van der Waals surface area contributed by atoms with E-state index >= 15 is 0 Å². The lowest BCUT2D eigenvalue weighted by Gasteiger charge is -2.20. The zero-order valence-corrected chi connectivity index (χ0v) is 13.2. The average molecular weight is 349 g/mol. The van der Waals surface area contributed by atoms with Gasteiger partial charge in [0.2, 0.25) is 0 Å². The smallest absolute Gasteiger partial charge is 0.160 e. The van der Waals surface area contributed by atoms with Gasteiger partial charge >= 0.3 is 0 Å². The average Bonchev–Trinajstić information content (AvgIpc) is 2.29. The van der Waals surface area contributed by atoms with Gasteiger partial charge in [-0.25, -0.2) is 9.97 Å². The summed E-state index contributed by atoms with van der Waals surface area (Å²) in [5, 5.41) is 3.10. The Balaban J connectivity index is 3.15. The molecule has 96 valence electrons.